The minimum absolute atomic E-state index is 0. The molecule has 0 aliphatic carbocycles. The van der Waals surface area contributed by atoms with Crippen LogP contribution >= 0.6 is 0 Å². The lowest BCUT2D eigenvalue weighted by atomic mass is 9.76. The summed E-state index contributed by atoms with van der Waals surface area (Å²) in [7, 11) is 0. The standard InChI is InChI=1S/C26H31N3O5.C4H11N/c1-4-26(25(31)32)11-13-29(14-12-26)16-18-5-7-19(8-6-18)23-27-24(34-28-23)20-9-10-22(21(30)15-20)33-17(2)3;1-4(2,3)5/h5-10,15,17,30H,4,11-14,16H2,1-3H3,(H,31,32);5H2,1-3H3. The molecule has 212 valence electrons. The number of carboxylic acids is 1. The Morgan fingerprint density at radius 3 is 2.23 bits per heavy atom. The normalized spacial score (nSPS) is 15.5. The average Bonchev–Trinajstić information content (AvgIpc) is 3.35. The van der Waals surface area contributed by atoms with Crippen LogP contribution in [0.15, 0.2) is 47.0 Å². The summed E-state index contributed by atoms with van der Waals surface area (Å²) in [5, 5.41) is 23.9. The summed E-state index contributed by atoms with van der Waals surface area (Å²) in [5.74, 6) is 0.541. The molecular weight excluding hydrogens is 496 g/mol. The van der Waals surface area contributed by atoms with E-state index in [1.807, 2.05) is 65.8 Å². The number of aromatic hydroxyl groups is 1. The van der Waals surface area contributed by atoms with E-state index >= 15 is 0 Å². The molecule has 0 bridgehead atoms. The fourth-order valence-electron chi connectivity index (χ4n) is 4.34. The zero-order chi connectivity index (χ0) is 28.8. The number of phenols is 1. The number of hydrogen-bond acceptors (Lipinski definition) is 8. The van der Waals surface area contributed by atoms with E-state index in [0.717, 1.165) is 30.8 Å². The number of nitrogens with zero attached hydrogens (tertiary/aromatic N) is 3. The predicted molar refractivity (Wildman–Crippen MR) is 151 cm³/mol. The van der Waals surface area contributed by atoms with E-state index in [1.54, 1.807) is 18.2 Å². The van der Waals surface area contributed by atoms with Crippen molar-refractivity contribution in [2.45, 2.75) is 79.0 Å². The zero-order valence-corrected chi connectivity index (χ0v) is 23.9. The molecule has 0 unspecified atom stereocenters. The minimum Gasteiger partial charge on any atom is -0.504 e. The zero-order valence-electron chi connectivity index (χ0n) is 23.9. The van der Waals surface area contributed by atoms with Crippen molar-refractivity contribution < 1.29 is 24.3 Å². The summed E-state index contributed by atoms with van der Waals surface area (Å²) >= 11 is 0. The Balaban J connectivity index is 0.000000771. The van der Waals surface area contributed by atoms with Crippen LogP contribution in [0.3, 0.4) is 0 Å². The molecule has 9 heteroatoms. The van der Waals surface area contributed by atoms with Gasteiger partial charge in [0.15, 0.2) is 11.5 Å². The topological polar surface area (TPSA) is 135 Å². The van der Waals surface area contributed by atoms with Crippen molar-refractivity contribution >= 4 is 5.97 Å². The Labute approximate surface area is 231 Å². The van der Waals surface area contributed by atoms with Gasteiger partial charge < -0.3 is 25.2 Å². The maximum Gasteiger partial charge on any atom is 0.309 e. The number of aromatic nitrogens is 2. The second-order valence-corrected chi connectivity index (χ2v) is 11.6. The van der Waals surface area contributed by atoms with E-state index in [0.29, 0.717) is 42.3 Å². The van der Waals surface area contributed by atoms with Gasteiger partial charge >= 0.3 is 5.97 Å². The van der Waals surface area contributed by atoms with Crippen molar-refractivity contribution in [3.8, 4) is 34.3 Å². The Bertz CT molecular complexity index is 1220. The molecule has 9 nitrogen and oxygen atoms in total. The van der Waals surface area contributed by atoms with Crippen molar-refractivity contribution in [2.75, 3.05) is 13.1 Å². The molecule has 1 aliphatic rings. The highest BCUT2D eigenvalue weighted by atomic mass is 16.5. The van der Waals surface area contributed by atoms with Gasteiger partial charge in [-0.1, -0.05) is 36.3 Å². The van der Waals surface area contributed by atoms with Crippen LogP contribution in [0.1, 0.15) is 66.4 Å². The molecule has 1 saturated heterocycles. The van der Waals surface area contributed by atoms with Crippen LogP contribution in [0.5, 0.6) is 11.5 Å². The third-order valence-corrected chi connectivity index (χ3v) is 6.56. The molecule has 0 radical (unpaired) electrons. The highest BCUT2D eigenvalue weighted by Gasteiger charge is 2.39. The fraction of sp³-hybridized carbons (Fsp3) is 0.500. The predicted octanol–water partition coefficient (Wildman–Crippen LogP) is 5.72. The first-order chi connectivity index (χ1) is 18.3. The molecule has 0 spiro atoms. The SMILES string of the molecule is CC(C)(C)N.CCC1(C(=O)O)CCN(Cc2ccc(-c3noc(-c4ccc(OC(C)C)c(O)c4)n3)cc2)CC1. The highest BCUT2D eigenvalue weighted by Crippen LogP contribution is 2.36. The molecule has 1 fully saturated rings. The number of rotatable bonds is 8. The average molecular weight is 539 g/mol. The summed E-state index contributed by atoms with van der Waals surface area (Å²) in [6.07, 6.45) is 2.00. The third-order valence-electron chi connectivity index (χ3n) is 6.56. The second kappa shape index (κ2) is 12.6. The van der Waals surface area contributed by atoms with Crippen molar-refractivity contribution in [1.82, 2.24) is 15.0 Å². The Kier molecular flexibility index (Phi) is 9.74. The number of carbonyl (C=O) groups is 1. The number of likely N-dealkylation sites (tertiary alicyclic amines) is 1. The van der Waals surface area contributed by atoms with Gasteiger partial charge in [-0.05, 0) is 90.7 Å². The van der Waals surface area contributed by atoms with Crippen LogP contribution in [0.25, 0.3) is 22.8 Å². The van der Waals surface area contributed by atoms with Gasteiger partial charge in [0.1, 0.15) is 0 Å². The van der Waals surface area contributed by atoms with Crippen molar-refractivity contribution in [3.05, 3.63) is 48.0 Å². The van der Waals surface area contributed by atoms with Gasteiger partial charge in [0, 0.05) is 23.2 Å². The van der Waals surface area contributed by atoms with Gasteiger partial charge in [-0.3, -0.25) is 9.69 Å². The lowest BCUT2D eigenvalue weighted by Gasteiger charge is -2.38. The van der Waals surface area contributed by atoms with Crippen molar-refractivity contribution in [3.63, 3.8) is 0 Å². The number of aliphatic carboxylic acids is 1. The molecular formula is C30H42N4O5. The number of nitrogens with two attached hydrogens (primary N) is 1. The lowest BCUT2D eigenvalue weighted by Crippen LogP contribution is -2.43. The molecule has 0 atom stereocenters. The quantitative estimate of drug-likeness (QED) is 0.329. The number of carboxylic acid groups (broad SMARTS) is 1. The van der Waals surface area contributed by atoms with Crippen molar-refractivity contribution in [1.29, 1.82) is 0 Å². The Morgan fingerprint density at radius 1 is 1.13 bits per heavy atom. The maximum absolute atomic E-state index is 11.7. The summed E-state index contributed by atoms with van der Waals surface area (Å²) in [6, 6.07) is 13.0. The molecule has 2 aromatic carbocycles. The van der Waals surface area contributed by atoms with Crippen LogP contribution in [0.2, 0.25) is 0 Å². The first kappa shape index (κ1) is 30.1. The van der Waals surface area contributed by atoms with Gasteiger partial charge in [0.05, 0.1) is 11.5 Å². The summed E-state index contributed by atoms with van der Waals surface area (Å²) in [6.45, 7) is 14.0. The molecule has 0 amide bonds. The van der Waals surface area contributed by atoms with Crippen LogP contribution in [0.4, 0.5) is 0 Å². The van der Waals surface area contributed by atoms with Crippen LogP contribution in [0, 0.1) is 5.41 Å². The summed E-state index contributed by atoms with van der Waals surface area (Å²) in [5.41, 5.74) is 7.37. The van der Waals surface area contributed by atoms with E-state index in [9.17, 15) is 15.0 Å². The molecule has 2 heterocycles. The van der Waals surface area contributed by atoms with E-state index in [4.69, 9.17) is 15.0 Å². The van der Waals surface area contributed by atoms with E-state index in [-0.39, 0.29) is 17.4 Å². The van der Waals surface area contributed by atoms with E-state index in [2.05, 4.69) is 15.0 Å². The smallest absolute Gasteiger partial charge is 0.309 e. The van der Waals surface area contributed by atoms with Crippen molar-refractivity contribution in [2.24, 2.45) is 11.1 Å². The monoisotopic (exact) mass is 538 g/mol. The first-order valence-corrected chi connectivity index (χ1v) is 13.5. The molecule has 4 rings (SSSR count). The van der Waals surface area contributed by atoms with Gasteiger partial charge in [0.25, 0.3) is 5.89 Å². The number of ether oxygens (including phenoxy) is 1. The lowest BCUT2D eigenvalue weighted by molar-refractivity contribution is -0.152. The van der Waals surface area contributed by atoms with Gasteiger partial charge in [-0.25, -0.2) is 0 Å². The fourth-order valence-corrected chi connectivity index (χ4v) is 4.34. The molecule has 4 N–H and O–H groups in total. The number of phenolic OH excluding ortho intramolecular Hbond substituents is 1. The maximum atomic E-state index is 11.7. The molecule has 1 aliphatic heterocycles. The number of hydrogen-bond donors (Lipinski definition) is 3. The van der Waals surface area contributed by atoms with Crippen LogP contribution < -0.4 is 10.5 Å². The first-order valence-electron chi connectivity index (χ1n) is 13.5. The van der Waals surface area contributed by atoms with Gasteiger partial charge in [-0.15, -0.1) is 0 Å². The third kappa shape index (κ3) is 8.53. The largest absolute Gasteiger partial charge is 0.504 e. The number of benzene rings is 2. The molecule has 0 saturated carbocycles. The second-order valence-electron chi connectivity index (χ2n) is 11.6. The molecule has 1 aromatic heterocycles. The Morgan fingerprint density at radius 2 is 1.72 bits per heavy atom. The van der Waals surface area contributed by atoms with Gasteiger partial charge in [-0.2, -0.15) is 4.98 Å². The molecule has 39 heavy (non-hydrogen) atoms. The van der Waals surface area contributed by atoms with Gasteiger partial charge in [0.2, 0.25) is 5.82 Å². The van der Waals surface area contributed by atoms with Crippen LogP contribution in [-0.4, -0.2) is 56.0 Å². The van der Waals surface area contributed by atoms with Crippen LogP contribution in [-0.2, 0) is 11.3 Å². The highest BCUT2D eigenvalue weighted by molar-refractivity contribution is 5.74. The summed E-state index contributed by atoms with van der Waals surface area (Å²) < 4.78 is 11.0. The van der Waals surface area contributed by atoms with E-state index < -0.39 is 11.4 Å². The van der Waals surface area contributed by atoms with E-state index in [1.165, 1.54) is 0 Å². The number of piperidine rings is 1. The summed E-state index contributed by atoms with van der Waals surface area (Å²) in [4.78, 5) is 18.4. The molecule has 3 aromatic rings. The Hall–Kier alpha value is -3.43. The minimum atomic E-state index is -0.673.